The molecule has 0 saturated carbocycles. The van der Waals surface area contributed by atoms with E-state index in [1.54, 1.807) is 12.1 Å². The van der Waals surface area contributed by atoms with Crippen molar-refractivity contribution in [2.75, 3.05) is 19.0 Å². The molecule has 78 heavy (non-hydrogen) atoms. The Hall–Kier alpha value is -11.2. The molecule has 0 radical (unpaired) electrons. The zero-order chi connectivity index (χ0) is 52.7. The summed E-state index contributed by atoms with van der Waals surface area (Å²) >= 11 is 0. The Kier molecular flexibility index (Phi) is 11.7. The molecular weight excluding hydrogens is 949 g/mol. The molecule has 1 aliphatic rings. The second-order valence-electron chi connectivity index (χ2n) is 19.3. The van der Waals surface area contributed by atoms with Gasteiger partial charge in [0.1, 0.15) is 0 Å². The Labute approximate surface area is 451 Å². The number of rotatable bonds is 2. The summed E-state index contributed by atoms with van der Waals surface area (Å²) in [6, 6.07) is 69.5. The summed E-state index contributed by atoms with van der Waals surface area (Å²) in [7, 11) is 4.09. The molecule has 0 heterocycles. The van der Waals surface area contributed by atoms with Crippen LogP contribution in [-0.2, 0) is 0 Å². The molecule has 0 unspecified atom stereocenters. The van der Waals surface area contributed by atoms with Crippen LogP contribution in [0.5, 0.6) is 0 Å². The van der Waals surface area contributed by atoms with E-state index in [9.17, 15) is 10.1 Å². The highest BCUT2D eigenvalue weighted by Gasteiger charge is 2.20. The van der Waals surface area contributed by atoms with Crippen LogP contribution in [0.15, 0.2) is 206 Å². The van der Waals surface area contributed by atoms with Crippen LogP contribution >= 0.6 is 0 Å². The lowest BCUT2D eigenvalue weighted by Crippen LogP contribution is -2.08. The Morgan fingerprint density at radius 2 is 0.577 bits per heavy atom. The number of benzene rings is 12. The Balaban J connectivity index is 1.15. The quantitative estimate of drug-likeness (QED) is 0.0985. The zero-order valence-corrected chi connectivity index (χ0v) is 42.3. The van der Waals surface area contributed by atoms with Gasteiger partial charge < -0.3 is 4.90 Å². The smallest absolute Gasteiger partial charge is 0.270 e. The highest BCUT2D eigenvalue weighted by atomic mass is 16.6. The molecule has 358 valence electrons. The van der Waals surface area contributed by atoms with Gasteiger partial charge in [0, 0.05) is 98.7 Å². The van der Waals surface area contributed by atoms with Crippen molar-refractivity contribution >= 4 is 76.0 Å². The largest absolute Gasteiger partial charge is 0.378 e. The standard InChI is InChI=1S/C74H40N2O2/c1-75(2)61-43-45-67-59(47-61)41-39-57-25-7-8-26-58-40-42-60-48-62(76(77)78)44-46-68(60)74(58)72-56(38-34-52-20-12-16-30-66(52)72)24-6-4-22-54-36-32-50-18-10-14-28-64(50)70(54)69-53(35-31-49-17-9-13-27-63(49)69)21-3-5-23-55-37-33-51-19-11-15-29-65(51)71(55)73(57)67/h9-20,27-48H,1-2H3. The van der Waals surface area contributed by atoms with Crippen molar-refractivity contribution in [2.45, 2.75) is 0 Å². The molecule has 0 saturated heterocycles. The van der Waals surface area contributed by atoms with E-state index in [4.69, 9.17) is 0 Å². The Morgan fingerprint density at radius 3 is 0.885 bits per heavy atom. The van der Waals surface area contributed by atoms with Gasteiger partial charge in [-0.15, -0.1) is 0 Å². The van der Waals surface area contributed by atoms with E-state index in [2.05, 4.69) is 234 Å². The SMILES string of the molecule is CN(C)c1ccc2c3c(ccc2c1)C#CC#Cc1ccc2cc([N+](=O)[O-])ccc2c1-c1c(ccc2ccccc12)C#CC#Cc1ccc2ccccc2c1-c1c(ccc2ccccc12)C#CC#Cc1ccc2ccccc2c1-3. The zero-order valence-electron chi connectivity index (χ0n) is 42.3. The van der Waals surface area contributed by atoms with Gasteiger partial charge >= 0.3 is 0 Å². The summed E-state index contributed by atoms with van der Waals surface area (Å²) in [5.41, 5.74) is 11.2. The van der Waals surface area contributed by atoms with Crippen LogP contribution in [0.3, 0.4) is 0 Å². The van der Waals surface area contributed by atoms with Gasteiger partial charge in [-0.1, -0.05) is 175 Å². The molecule has 0 amide bonds. The van der Waals surface area contributed by atoms with E-state index in [-0.39, 0.29) is 10.6 Å². The van der Waals surface area contributed by atoms with E-state index < -0.39 is 0 Å². The monoisotopic (exact) mass is 988 g/mol. The first-order valence-electron chi connectivity index (χ1n) is 25.5. The van der Waals surface area contributed by atoms with Crippen LogP contribution in [0, 0.1) is 81.2 Å². The fourth-order valence-corrected chi connectivity index (χ4v) is 10.9. The van der Waals surface area contributed by atoms with Crippen LogP contribution in [0.25, 0.3) is 98.0 Å². The fourth-order valence-electron chi connectivity index (χ4n) is 10.9. The van der Waals surface area contributed by atoms with Crippen molar-refractivity contribution in [1.29, 1.82) is 0 Å². The molecular formula is C74H40N2O2. The van der Waals surface area contributed by atoms with Gasteiger partial charge in [-0.3, -0.25) is 10.1 Å². The van der Waals surface area contributed by atoms with Crippen molar-refractivity contribution in [1.82, 2.24) is 0 Å². The van der Waals surface area contributed by atoms with E-state index in [0.717, 1.165) is 126 Å². The molecule has 0 aromatic heterocycles. The molecule has 4 nitrogen and oxygen atoms in total. The fraction of sp³-hybridized carbons (Fsp3) is 0.0270. The Morgan fingerprint density at radius 1 is 0.308 bits per heavy atom. The van der Waals surface area contributed by atoms with Gasteiger partial charge in [-0.05, 0) is 155 Å². The van der Waals surface area contributed by atoms with Crippen molar-refractivity contribution in [2.24, 2.45) is 0 Å². The third-order valence-corrected chi connectivity index (χ3v) is 14.6. The number of hydrogen-bond donors (Lipinski definition) is 0. The number of nitro benzene ring substituents is 1. The second-order valence-corrected chi connectivity index (χ2v) is 19.3. The van der Waals surface area contributed by atoms with Crippen LogP contribution < -0.4 is 4.90 Å². The maximum Gasteiger partial charge on any atom is 0.270 e. The summed E-state index contributed by atoms with van der Waals surface area (Å²) in [5.74, 6) is 40.6. The van der Waals surface area contributed by atoms with E-state index in [1.165, 1.54) is 0 Å². The molecule has 0 fully saturated rings. The molecule has 0 N–H and O–H groups in total. The van der Waals surface area contributed by atoms with Gasteiger partial charge in [0.2, 0.25) is 0 Å². The molecule has 0 bridgehead atoms. The third kappa shape index (κ3) is 8.33. The highest BCUT2D eigenvalue weighted by molar-refractivity contribution is 6.13. The second kappa shape index (κ2) is 19.6. The molecule has 1 aliphatic carbocycles. The number of hydrogen-bond acceptors (Lipinski definition) is 3. The predicted molar refractivity (Wildman–Crippen MR) is 323 cm³/mol. The first-order chi connectivity index (χ1) is 38.4. The first-order valence-corrected chi connectivity index (χ1v) is 25.5. The summed E-state index contributed by atoms with van der Waals surface area (Å²) in [5, 5.41) is 24.0. The number of anilines is 1. The minimum absolute atomic E-state index is 0.00228. The molecule has 4 heteroatoms. The van der Waals surface area contributed by atoms with Crippen molar-refractivity contribution in [3.05, 3.63) is 250 Å². The molecule has 12 aromatic carbocycles. The van der Waals surface area contributed by atoms with Gasteiger partial charge in [0.25, 0.3) is 5.69 Å². The van der Waals surface area contributed by atoms with E-state index in [1.807, 2.05) is 50.5 Å². The lowest BCUT2D eigenvalue weighted by molar-refractivity contribution is -0.384. The average Bonchev–Trinajstić information content (AvgIpc) is 3.64. The molecule has 0 spiro atoms. The molecule has 13 rings (SSSR count). The van der Waals surface area contributed by atoms with Gasteiger partial charge in [0.05, 0.1) is 4.92 Å². The summed E-state index contributed by atoms with van der Waals surface area (Å²) in [6.07, 6.45) is 0. The maximum absolute atomic E-state index is 12.1. The highest BCUT2D eigenvalue weighted by Crippen LogP contribution is 2.43. The Bertz CT molecular complexity index is 5030. The van der Waals surface area contributed by atoms with E-state index in [0.29, 0.717) is 10.9 Å². The average molecular weight is 989 g/mol. The number of non-ortho nitro benzene ring substituents is 1. The van der Waals surface area contributed by atoms with Crippen molar-refractivity contribution in [3.8, 4) is 104 Å². The van der Waals surface area contributed by atoms with Crippen LogP contribution in [0.1, 0.15) is 33.4 Å². The number of fused-ring (bicyclic) bond motifs is 21. The minimum Gasteiger partial charge on any atom is -0.378 e. The molecule has 0 aliphatic heterocycles. The maximum atomic E-state index is 12.1. The predicted octanol–water partition coefficient (Wildman–Crippen LogP) is 16.1. The summed E-state index contributed by atoms with van der Waals surface area (Å²) in [4.78, 5) is 13.9. The topological polar surface area (TPSA) is 46.4 Å². The van der Waals surface area contributed by atoms with Crippen molar-refractivity contribution < 1.29 is 4.92 Å². The number of nitro groups is 1. The lowest BCUT2D eigenvalue weighted by atomic mass is 9.86. The summed E-state index contributed by atoms with van der Waals surface area (Å²) in [6.45, 7) is 0. The number of nitrogens with zero attached hydrogens (tertiary/aromatic N) is 2. The first kappa shape index (κ1) is 46.5. The molecule has 0 atom stereocenters. The van der Waals surface area contributed by atoms with Crippen LogP contribution in [-0.4, -0.2) is 19.0 Å². The van der Waals surface area contributed by atoms with Crippen LogP contribution in [0.2, 0.25) is 0 Å². The van der Waals surface area contributed by atoms with Gasteiger partial charge in [-0.2, -0.15) is 0 Å². The van der Waals surface area contributed by atoms with Gasteiger partial charge in [-0.25, -0.2) is 0 Å². The summed E-state index contributed by atoms with van der Waals surface area (Å²) < 4.78 is 0. The lowest BCUT2D eigenvalue weighted by Gasteiger charge is -2.17. The van der Waals surface area contributed by atoms with Gasteiger partial charge in [0.15, 0.2) is 0 Å². The van der Waals surface area contributed by atoms with Crippen LogP contribution in [0.4, 0.5) is 11.4 Å². The minimum atomic E-state index is -0.368. The molecule has 12 aromatic rings. The normalized spacial score (nSPS) is 11.3. The van der Waals surface area contributed by atoms with E-state index >= 15 is 0 Å². The third-order valence-electron chi connectivity index (χ3n) is 14.6. The van der Waals surface area contributed by atoms with Crippen molar-refractivity contribution in [3.63, 3.8) is 0 Å².